The lowest BCUT2D eigenvalue weighted by Gasteiger charge is -2.33. The first-order valence-electron chi connectivity index (χ1n) is 8.77. The van der Waals surface area contributed by atoms with Crippen molar-refractivity contribution in [1.82, 2.24) is 14.9 Å². The lowest BCUT2D eigenvalue weighted by atomic mass is 10.1. The highest BCUT2D eigenvalue weighted by atomic mass is 16.6. The molecule has 0 spiro atoms. The average Bonchev–Trinajstić information content (AvgIpc) is 2.60. The van der Waals surface area contributed by atoms with Crippen molar-refractivity contribution < 1.29 is 19.2 Å². The van der Waals surface area contributed by atoms with E-state index >= 15 is 0 Å². The summed E-state index contributed by atoms with van der Waals surface area (Å²) < 4.78 is 11.3. The van der Waals surface area contributed by atoms with E-state index in [0.717, 1.165) is 12.8 Å². The maximum atomic E-state index is 12.2. The molecular weight excluding hydrogens is 352 g/mol. The molecule has 1 atom stereocenters. The van der Waals surface area contributed by atoms with E-state index in [-0.39, 0.29) is 17.9 Å². The molecule has 1 aliphatic heterocycles. The quantitative estimate of drug-likeness (QED) is 0.599. The van der Waals surface area contributed by atoms with Gasteiger partial charge in [0.25, 0.3) is 5.69 Å². The van der Waals surface area contributed by atoms with E-state index in [4.69, 9.17) is 9.47 Å². The molecule has 9 heteroatoms. The Balaban J connectivity index is 1.68. The Kier molecular flexibility index (Phi) is 5.11. The first-order valence-corrected chi connectivity index (χ1v) is 8.77. The standard InChI is InChI=1S/C18H22N4O5/c1-18(2,3)27-17(23)21-8-4-5-13(11-21)26-16-10-19-15-9-12(22(24)25)6-7-14(15)20-16/h6-7,9-10,13H,4-5,8,11H2,1-3H3/t13-/m1/s1. The molecule has 1 fully saturated rings. The molecule has 0 radical (unpaired) electrons. The van der Waals surface area contributed by atoms with Crippen LogP contribution in [0.5, 0.6) is 5.88 Å². The van der Waals surface area contributed by atoms with Crippen molar-refractivity contribution in [1.29, 1.82) is 0 Å². The zero-order valence-corrected chi connectivity index (χ0v) is 15.5. The SMILES string of the molecule is CC(C)(C)OC(=O)N1CCC[C@@H](Oc2cnc3cc([N+](=O)[O-])ccc3n2)C1. The molecule has 9 nitrogen and oxygen atoms in total. The minimum atomic E-state index is -0.544. The van der Waals surface area contributed by atoms with Gasteiger partial charge in [0.15, 0.2) is 0 Å². The summed E-state index contributed by atoms with van der Waals surface area (Å²) in [5.74, 6) is 0.326. The smallest absolute Gasteiger partial charge is 0.410 e. The van der Waals surface area contributed by atoms with E-state index in [1.54, 1.807) is 11.0 Å². The Morgan fingerprint density at radius 3 is 2.81 bits per heavy atom. The molecule has 0 aliphatic carbocycles. The average molecular weight is 374 g/mol. The largest absolute Gasteiger partial charge is 0.471 e. The van der Waals surface area contributed by atoms with Gasteiger partial charge in [-0.15, -0.1) is 0 Å². The summed E-state index contributed by atoms with van der Waals surface area (Å²) in [6.07, 6.45) is 2.47. The Labute approximate surface area is 156 Å². The second-order valence-electron chi connectivity index (χ2n) is 7.45. The maximum Gasteiger partial charge on any atom is 0.410 e. The minimum Gasteiger partial charge on any atom is -0.471 e. The maximum absolute atomic E-state index is 12.2. The summed E-state index contributed by atoms with van der Waals surface area (Å²) in [5.41, 5.74) is 0.358. The number of nitro groups is 1. The first kappa shape index (κ1) is 18.8. The Hall–Kier alpha value is -2.97. The van der Waals surface area contributed by atoms with Gasteiger partial charge in [0.05, 0.1) is 28.7 Å². The summed E-state index contributed by atoms with van der Waals surface area (Å²) in [4.78, 5) is 32.8. The number of carbonyl (C=O) groups is 1. The van der Waals surface area contributed by atoms with E-state index in [1.165, 1.54) is 18.3 Å². The molecule has 0 bridgehead atoms. The molecule has 144 valence electrons. The van der Waals surface area contributed by atoms with Crippen LogP contribution >= 0.6 is 0 Å². The number of benzene rings is 1. The number of rotatable bonds is 3. The van der Waals surface area contributed by atoms with Crippen molar-refractivity contribution in [2.75, 3.05) is 13.1 Å². The van der Waals surface area contributed by atoms with Gasteiger partial charge < -0.3 is 14.4 Å². The van der Waals surface area contributed by atoms with Gasteiger partial charge in [-0.05, 0) is 39.7 Å². The molecule has 1 aliphatic rings. The van der Waals surface area contributed by atoms with Crippen LogP contribution < -0.4 is 4.74 Å². The number of piperidine rings is 1. The van der Waals surface area contributed by atoms with Gasteiger partial charge in [-0.1, -0.05) is 0 Å². The van der Waals surface area contributed by atoms with Crippen molar-refractivity contribution >= 4 is 22.8 Å². The van der Waals surface area contributed by atoms with E-state index in [0.29, 0.717) is 30.0 Å². The molecule has 0 unspecified atom stereocenters. The van der Waals surface area contributed by atoms with Crippen LogP contribution in [-0.4, -0.2) is 50.7 Å². The van der Waals surface area contributed by atoms with E-state index < -0.39 is 10.5 Å². The number of carbonyl (C=O) groups excluding carboxylic acids is 1. The highest BCUT2D eigenvalue weighted by molar-refractivity contribution is 5.77. The predicted octanol–water partition coefficient (Wildman–Crippen LogP) is 3.32. The van der Waals surface area contributed by atoms with Crippen molar-refractivity contribution in [3.05, 3.63) is 34.5 Å². The number of amides is 1. The Bertz CT molecular complexity index is 864. The lowest BCUT2D eigenvalue weighted by molar-refractivity contribution is -0.384. The van der Waals surface area contributed by atoms with Crippen LogP contribution in [0.25, 0.3) is 11.0 Å². The van der Waals surface area contributed by atoms with Crippen molar-refractivity contribution in [2.24, 2.45) is 0 Å². The molecule has 1 saturated heterocycles. The number of nitro benzene ring substituents is 1. The number of ether oxygens (including phenoxy) is 2. The molecule has 2 aromatic rings. The minimum absolute atomic E-state index is 0.0363. The molecule has 1 aromatic carbocycles. The highest BCUT2D eigenvalue weighted by Crippen LogP contribution is 2.22. The van der Waals surface area contributed by atoms with Crippen molar-refractivity contribution in [2.45, 2.75) is 45.3 Å². The molecular formula is C18H22N4O5. The summed E-state index contributed by atoms with van der Waals surface area (Å²) in [6, 6.07) is 4.30. The molecule has 27 heavy (non-hydrogen) atoms. The normalized spacial score (nSPS) is 17.6. The zero-order valence-electron chi connectivity index (χ0n) is 15.5. The number of hydrogen-bond acceptors (Lipinski definition) is 7. The number of nitrogens with zero attached hydrogens (tertiary/aromatic N) is 4. The molecule has 0 N–H and O–H groups in total. The van der Waals surface area contributed by atoms with Crippen LogP contribution in [-0.2, 0) is 4.74 Å². The number of likely N-dealkylation sites (tertiary alicyclic amines) is 1. The summed E-state index contributed by atoms with van der Waals surface area (Å²) in [6.45, 7) is 6.53. The van der Waals surface area contributed by atoms with Crippen molar-refractivity contribution in [3.8, 4) is 5.88 Å². The van der Waals surface area contributed by atoms with Gasteiger partial charge >= 0.3 is 6.09 Å². The van der Waals surface area contributed by atoms with E-state index in [2.05, 4.69) is 9.97 Å². The van der Waals surface area contributed by atoms with Gasteiger partial charge in [0, 0.05) is 18.7 Å². The molecule has 0 saturated carbocycles. The summed E-state index contributed by atoms with van der Waals surface area (Å²) in [7, 11) is 0. The van der Waals surface area contributed by atoms with Crippen LogP contribution in [0.15, 0.2) is 24.4 Å². The third-order valence-electron chi connectivity index (χ3n) is 4.03. The zero-order chi connectivity index (χ0) is 19.6. The van der Waals surface area contributed by atoms with Crippen LogP contribution in [0.2, 0.25) is 0 Å². The van der Waals surface area contributed by atoms with E-state index in [1.807, 2.05) is 20.8 Å². The fourth-order valence-electron chi connectivity index (χ4n) is 2.85. The lowest BCUT2D eigenvalue weighted by Crippen LogP contribution is -2.46. The second-order valence-corrected chi connectivity index (χ2v) is 7.45. The van der Waals surface area contributed by atoms with Gasteiger partial charge in [0.1, 0.15) is 11.7 Å². The van der Waals surface area contributed by atoms with E-state index in [9.17, 15) is 14.9 Å². The third kappa shape index (κ3) is 4.81. The Morgan fingerprint density at radius 2 is 2.11 bits per heavy atom. The molecule has 3 rings (SSSR count). The number of hydrogen-bond donors (Lipinski definition) is 0. The highest BCUT2D eigenvalue weighted by Gasteiger charge is 2.28. The summed E-state index contributed by atoms with van der Waals surface area (Å²) >= 11 is 0. The fraction of sp³-hybridized carbons (Fsp3) is 0.500. The molecule has 2 heterocycles. The molecule has 1 amide bonds. The van der Waals surface area contributed by atoms with Gasteiger partial charge in [-0.25, -0.2) is 14.8 Å². The van der Waals surface area contributed by atoms with Crippen LogP contribution in [0, 0.1) is 10.1 Å². The number of aromatic nitrogens is 2. The van der Waals surface area contributed by atoms with Gasteiger partial charge in [0.2, 0.25) is 5.88 Å². The topological polar surface area (TPSA) is 108 Å². The van der Waals surface area contributed by atoms with Gasteiger partial charge in [-0.2, -0.15) is 0 Å². The first-order chi connectivity index (χ1) is 12.7. The number of fused-ring (bicyclic) bond motifs is 1. The third-order valence-corrected chi connectivity index (χ3v) is 4.03. The molecule has 1 aromatic heterocycles. The Morgan fingerprint density at radius 1 is 1.33 bits per heavy atom. The van der Waals surface area contributed by atoms with Crippen molar-refractivity contribution in [3.63, 3.8) is 0 Å². The monoisotopic (exact) mass is 374 g/mol. The van der Waals surface area contributed by atoms with Crippen LogP contribution in [0.3, 0.4) is 0 Å². The number of non-ortho nitro benzene ring substituents is 1. The van der Waals surface area contributed by atoms with Gasteiger partial charge in [-0.3, -0.25) is 10.1 Å². The van der Waals surface area contributed by atoms with Crippen LogP contribution in [0.4, 0.5) is 10.5 Å². The predicted molar refractivity (Wildman–Crippen MR) is 97.6 cm³/mol. The summed E-state index contributed by atoms with van der Waals surface area (Å²) in [5, 5.41) is 10.8. The fourth-order valence-corrected chi connectivity index (χ4v) is 2.85. The second kappa shape index (κ2) is 7.34. The van der Waals surface area contributed by atoms with Crippen LogP contribution in [0.1, 0.15) is 33.6 Å².